The van der Waals surface area contributed by atoms with Crippen molar-refractivity contribution in [2.45, 2.75) is 26.0 Å². The molecule has 0 saturated heterocycles. The molecule has 1 aromatic heterocycles. The number of anilines is 2. The number of aromatic nitrogens is 1. The van der Waals surface area contributed by atoms with Gasteiger partial charge in [-0.15, -0.1) is 0 Å². The van der Waals surface area contributed by atoms with Gasteiger partial charge in [-0.3, -0.25) is 4.79 Å². The lowest BCUT2D eigenvalue weighted by molar-refractivity contribution is -0.122. The summed E-state index contributed by atoms with van der Waals surface area (Å²) >= 11 is 4.22. The van der Waals surface area contributed by atoms with E-state index >= 15 is 0 Å². The fraction of sp³-hybridized carbons (Fsp3) is 0.250. The Morgan fingerprint density at radius 3 is 2.61 bits per heavy atom. The molecule has 0 spiro atoms. The van der Waals surface area contributed by atoms with Crippen LogP contribution in [-0.4, -0.2) is 35.3 Å². The van der Waals surface area contributed by atoms with Crippen molar-refractivity contribution < 1.29 is 9.53 Å². The predicted molar refractivity (Wildman–Crippen MR) is 130 cm³/mol. The molecular formula is C24H28N4O2S. The van der Waals surface area contributed by atoms with Gasteiger partial charge in [0.1, 0.15) is 0 Å². The summed E-state index contributed by atoms with van der Waals surface area (Å²) in [6.07, 6.45) is -0.752. The van der Waals surface area contributed by atoms with Crippen LogP contribution in [0.5, 0.6) is 5.88 Å². The van der Waals surface area contributed by atoms with Crippen LogP contribution in [0.4, 0.5) is 11.4 Å². The number of carbonyl (C=O) groups excluding carboxylic acids is 1. The van der Waals surface area contributed by atoms with Gasteiger partial charge in [-0.25, -0.2) is 4.98 Å². The predicted octanol–water partition coefficient (Wildman–Crippen LogP) is 4.13. The highest BCUT2D eigenvalue weighted by Gasteiger charge is 2.19. The molecule has 4 N–H and O–H groups in total. The second-order valence-electron chi connectivity index (χ2n) is 7.36. The van der Waals surface area contributed by atoms with Crippen molar-refractivity contribution in [2.24, 2.45) is 5.73 Å². The number of nitrogens with one attached hydrogen (secondary N) is 2. The SMILES string of the molecule is Cc1cccc(NC(=O)[C@@H](C)Oc2nc(-c3ccccc3)ccc2NCC(N)CS)c1. The summed E-state index contributed by atoms with van der Waals surface area (Å²) in [5, 5.41) is 6.14. The van der Waals surface area contributed by atoms with Crippen molar-refractivity contribution in [1.29, 1.82) is 0 Å². The normalized spacial score (nSPS) is 12.6. The number of nitrogens with zero attached hydrogens (tertiary/aromatic N) is 1. The molecule has 0 radical (unpaired) electrons. The summed E-state index contributed by atoms with van der Waals surface area (Å²) in [5.41, 5.74) is 10.2. The fourth-order valence-electron chi connectivity index (χ4n) is 2.93. The first-order valence-electron chi connectivity index (χ1n) is 10.2. The number of thiol groups is 1. The molecule has 1 amide bonds. The lowest BCUT2D eigenvalue weighted by atomic mass is 10.1. The summed E-state index contributed by atoms with van der Waals surface area (Å²) in [6, 6.07) is 21.1. The van der Waals surface area contributed by atoms with Gasteiger partial charge in [-0.1, -0.05) is 42.5 Å². The summed E-state index contributed by atoms with van der Waals surface area (Å²) in [7, 11) is 0. The molecule has 0 fully saturated rings. The van der Waals surface area contributed by atoms with Crippen LogP contribution in [0.15, 0.2) is 66.7 Å². The van der Waals surface area contributed by atoms with Gasteiger partial charge in [0, 0.05) is 29.6 Å². The van der Waals surface area contributed by atoms with Crippen LogP contribution in [0.1, 0.15) is 12.5 Å². The van der Waals surface area contributed by atoms with Crippen LogP contribution in [-0.2, 0) is 4.79 Å². The zero-order chi connectivity index (χ0) is 22.2. The van der Waals surface area contributed by atoms with E-state index in [9.17, 15) is 4.79 Å². The third-order valence-electron chi connectivity index (χ3n) is 4.66. The number of benzene rings is 2. The van der Waals surface area contributed by atoms with E-state index < -0.39 is 6.10 Å². The topological polar surface area (TPSA) is 89.3 Å². The maximum Gasteiger partial charge on any atom is 0.265 e. The van der Waals surface area contributed by atoms with Crippen molar-refractivity contribution in [1.82, 2.24) is 4.98 Å². The minimum atomic E-state index is -0.752. The number of amides is 1. The average Bonchev–Trinajstić information content (AvgIpc) is 2.78. The lowest BCUT2D eigenvalue weighted by Gasteiger charge is -2.19. The number of nitrogens with two attached hydrogens (primary N) is 1. The highest BCUT2D eigenvalue weighted by atomic mass is 32.1. The average molecular weight is 437 g/mol. The zero-order valence-electron chi connectivity index (χ0n) is 17.7. The number of hydrogen-bond donors (Lipinski definition) is 4. The first-order chi connectivity index (χ1) is 15.0. The standard InChI is InChI=1S/C24H28N4O2S/c1-16-7-6-10-20(13-16)27-23(29)17(2)30-24-22(26-14-19(25)15-31)12-11-21(28-24)18-8-4-3-5-9-18/h3-13,17,19,26,31H,14-15,25H2,1-2H3,(H,27,29)/t17-,19?/m1/s1. The number of ether oxygens (including phenoxy) is 1. The van der Waals surface area contributed by atoms with Gasteiger partial charge < -0.3 is 21.1 Å². The molecule has 2 aromatic carbocycles. The highest BCUT2D eigenvalue weighted by molar-refractivity contribution is 7.80. The zero-order valence-corrected chi connectivity index (χ0v) is 18.6. The molecule has 0 saturated carbocycles. The van der Waals surface area contributed by atoms with E-state index in [0.29, 0.717) is 23.9 Å². The quantitative estimate of drug-likeness (QED) is 0.379. The Hall–Kier alpha value is -3.03. The van der Waals surface area contributed by atoms with Gasteiger partial charge in [0.05, 0.1) is 11.4 Å². The van der Waals surface area contributed by atoms with E-state index in [0.717, 1.165) is 22.5 Å². The molecule has 162 valence electrons. The molecule has 1 unspecified atom stereocenters. The highest BCUT2D eigenvalue weighted by Crippen LogP contribution is 2.28. The Bertz CT molecular complexity index is 1010. The van der Waals surface area contributed by atoms with Crippen LogP contribution in [0, 0.1) is 6.92 Å². The van der Waals surface area contributed by atoms with E-state index in [1.54, 1.807) is 6.92 Å². The van der Waals surface area contributed by atoms with Gasteiger partial charge in [0.15, 0.2) is 6.10 Å². The molecule has 7 heteroatoms. The van der Waals surface area contributed by atoms with Gasteiger partial charge in [-0.2, -0.15) is 12.6 Å². The van der Waals surface area contributed by atoms with Crippen LogP contribution in [0.3, 0.4) is 0 Å². The van der Waals surface area contributed by atoms with Gasteiger partial charge in [0.25, 0.3) is 5.91 Å². The molecule has 6 nitrogen and oxygen atoms in total. The van der Waals surface area contributed by atoms with E-state index in [1.807, 2.05) is 73.7 Å². The Labute approximate surface area is 188 Å². The summed E-state index contributed by atoms with van der Waals surface area (Å²) in [6.45, 7) is 4.18. The third kappa shape index (κ3) is 6.47. The molecule has 31 heavy (non-hydrogen) atoms. The second-order valence-corrected chi connectivity index (χ2v) is 7.72. The van der Waals surface area contributed by atoms with E-state index in [1.165, 1.54) is 0 Å². The third-order valence-corrected chi connectivity index (χ3v) is 5.13. The first-order valence-corrected chi connectivity index (χ1v) is 10.8. The minimum absolute atomic E-state index is 0.118. The summed E-state index contributed by atoms with van der Waals surface area (Å²) in [5.74, 6) is 0.642. The van der Waals surface area contributed by atoms with Gasteiger partial charge >= 0.3 is 0 Å². The summed E-state index contributed by atoms with van der Waals surface area (Å²) in [4.78, 5) is 17.4. The first kappa shape index (κ1) is 22.7. The number of carbonyl (C=O) groups is 1. The molecule has 3 rings (SSSR count). The minimum Gasteiger partial charge on any atom is -0.463 e. The molecule has 1 heterocycles. The molecule has 3 aromatic rings. The molecule has 0 aliphatic heterocycles. The molecular weight excluding hydrogens is 408 g/mol. The van der Waals surface area contributed by atoms with Crippen LogP contribution in [0.25, 0.3) is 11.3 Å². The maximum absolute atomic E-state index is 12.7. The lowest BCUT2D eigenvalue weighted by Crippen LogP contribution is -2.32. The molecule has 2 atom stereocenters. The Morgan fingerprint density at radius 1 is 1.13 bits per heavy atom. The van der Waals surface area contributed by atoms with Crippen LogP contribution < -0.4 is 21.1 Å². The van der Waals surface area contributed by atoms with E-state index in [2.05, 4.69) is 28.2 Å². The number of pyridine rings is 1. The van der Waals surface area contributed by atoms with Crippen molar-refractivity contribution in [3.05, 3.63) is 72.3 Å². The van der Waals surface area contributed by atoms with Crippen molar-refractivity contribution >= 4 is 29.9 Å². The Morgan fingerprint density at radius 2 is 1.90 bits per heavy atom. The second kappa shape index (κ2) is 10.8. The van der Waals surface area contributed by atoms with Gasteiger partial charge in [-0.05, 0) is 43.7 Å². The largest absolute Gasteiger partial charge is 0.463 e. The van der Waals surface area contributed by atoms with Crippen molar-refractivity contribution in [3.8, 4) is 17.1 Å². The fourth-order valence-corrected chi connectivity index (χ4v) is 3.06. The van der Waals surface area contributed by atoms with E-state index in [-0.39, 0.29) is 11.9 Å². The summed E-state index contributed by atoms with van der Waals surface area (Å²) < 4.78 is 5.99. The van der Waals surface area contributed by atoms with Crippen LogP contribution >= 0.6 is 12.6 Å². The Kier molecular flexibility index (Phi) is 7.92. The number of rotatable bonds is 9. The maximum atomic E-state index is 12.7. The Balaban J connectivity index is 1.80. The molecule has 0 aliphatic carbocycles. The molecule has 0 bridgehead atoms. The smallest absolute Gasteiger partial charge is 0.265 e. The number of aryl methyl sites for hydroxylation is 1. The van der Waals surface area contributed by atoms with Crippen LogP contribution in [0.2, 0.25) is 0 Å². The van der Waals surface area contributed by atoms with E-state index in [4.69, 9.17) is 10.5 Å². The number of hydrogen-bond acceptors (Lipinski definition) is 6. The molecule has 0 aliphatic rings. The van der Waals surface area contributed by atoms with Gasteiger partial charge in [0.2, 0.25) is 5.88 Å². The van der Waals surface area contributed by atoms with Crippen molar-refractivity contribution in [3.63, 3.8) is 0 Å². The monoisotopic (exact) mass is 436 g/mol. The van der Waals surface area contributed by atoms with Crippen molar-refractivity contribution in [2.75, 3.05) is 22.9 Å².